The molecule has 0 aromatic heterocycles. The fourth-order valence-corrected chi connectivity index (χ4v) is 5.01. The number of rotatable bonds is 22. The van der Waals surface area contributed by atoms with Gasteiger partial charge in [-0.25, -0.2) is 8.42 Å². The molecule has 0 amide bonds. The summed E-state index contributed by atoms with van der Waals surface area (Å²) < 4.78 is 34.5. The Labute approximate surface area is 230 Å². The van der Waals surface area contributed by atoms with Gasteiger partial charge in [0.2, 0.25) is 0 Å². The van der Waals surface area contributed by atoms with Crippen LogP contribution in [0.5, 0.6) is 0 Å². The second-order valence-corrected chi connectivity index (χ2v) is 10.4. The van der Waals surface area contributed by atoms with E-state index in [-0.39, 0.29) is 51.4 Å². The maximum Gasteiger partial charge on any atom is 1.00 e. The molecule has 176 valence electrons. The fourth-order valence-electron chi connectivity index (χ4n) is 4.04. The second kappa shape index (κ2) is 23.7. The molecule has 0 fully saturated rings. The summed E-state index contributed by atoms with van der Waals surface area (Å²) in [5.41, 5.74) is 0. The Hall–Kier alpha value is 1.51. The Morgan fingerprint density at radius 1 is 0.600 bits per heavy atom. The summed E-state index contributed by atoms with van der Waals surface area (Å²) in [6.07, 6.45) is 21.1. The van der Waals surface area contributed by atoms with E-state index in [1.165, 1.54) is 70.6 Å². The molecular formula is C24H49KO4S. The smallest absolute Gasteiger partial charge is 0.748 e. The monoisotopic (exact) mass is 472 g/mol. The Kier molecular flexibility index (Phi) is 26.6. The fraction of sp³-hybridized carbons (Fsp3) is 1.00. The SMILES string of the molecule is CCCCCCCCCCCCCCCCC(C(O)CCCCCC)S(=O)(=O)[O-].[K+]. The van der Waals surface area contributed by atoms with Crippen LogP contribution in [0.15, 0.2) is 0 Å². The van der Waals surface area contributed by atoms with Gasteiger partial charge >= 0.3 is 51.4 Å². The van der Waals surface area contributed by atoms with Crippen LogP contribution in [0.3, 0.4) is 0 Å². The molecule has 0 aromatic carbocycles. The van der Waals surface area contributed by atoms with Crippen LogP contribution in [0.2, 0.25) is 0 Å². The summed E-state index contributed by atoms with van der Waals surface area (Å²) in [4.78, 5) is 0. The van der Waals surface area contributed by atoms with Crippen LogP contribution in [0, 0.1) is 0 Å². The minimum atomic E-state index is -4.42. The third kappa shape index (κ3) is 21.4. The molecule has 1 N–H and O–H groups in total. The first-order chi connectivity index (χ1) is 13.9. The maximum absolute atomic E-state index is 11.5. The van der Waals surface area contributed by atoms with E-state index in [2.05, 4.69) is 13.8 Å². The van der Waals surface area contributed by atoms with Crippen molar-refractivity contribution < 1.29 is 69.5 Å². The molecule has 4 nitrogen and oxygen atoms in total. The summed E-state index contributed by atoms with van der Waals surface area (Å²) in [5.74, 6) is 0. The largest absolute Gasteiger partial charge is 1.00 e. The number of hydrogen-bond acceptors (Lipinski definition) is 4. The van der Waals surface area contributed by atoms with E-state index in [0.717, 1.165) is 44.9 Å². The third-order valence-electron chi connectivity index (χ3n) is 6.00. The first-order valence-corrected chi connectivity index (χ1v) is 14.0. The van der Waals surface area contributed by atoms with Gasteiger partial charge in [0.25, 0.3) is 0 Å². The Morgan fingerprint density at radius 3 is 1.27 bits per heavy atom. The summed E-state index contributed by atoms with van der Waals surface area (Å²) >= 11 is 0. The summed E-state index contributed by atoms with van der Waals surface area (Å²) in [6.45, 7) is 4.36. The van der Waals surface area contributed by atoms with Gasteiger partial charge in [-0.2, -0.15) is 0 Å². The molecule has 0 saturated carbocycles. The van der Waals surface area contributed by atoms with Crippen LogP contribution in [-0.2, 0) is 10.1 Å². The summed E-state index contributed by atoms with van der Waals surface area (Å²) in [5, 5.41) is 9.04. The number of aliphatic hydroxyl groups is 1. The normalized spacial score (nSPS) is 13.7. The third-order valence-corrected chi connectivity index (χ3v) is 7.29. The Morgan fingerprint density at radius 2 is 0.900 bits per heavy atom. The molecule has 30 heavy (non-hydrogen) atoms. The van der Waals surface area contributed by atoms with Crippen molar-refractivity contribution >= 4 is 10.1 Å². The van der Waals surface area contributed by atoms with Gasteiger partial charge in [-0.05, 0) is 12.8 Å². The van der Waals surface area contributed by atoms with Crippen LogP contribution in [-0.4, -0.2) is 29.4 Å². The van der Waals surface area contributed by atoms with Crippen LogP contribution in [0.25, 0.3) is 0 Å². The number of hydrogen-bond donors (Lipinski definition) is 1. The Bertz CT molecular complexity index is 442. The predicted octanol–water partition coefficient (Wildman–Crippen LogP) is 4.11. The van der Waals surface area contributed by atoms with E-state index < -0.39 is 21.5 Å². The molecule has 0 bridgehead atoms. The molecule has 2 atom stereocenters. The van der Waals surface area contributed by atoms with E-state index in [4.69, 9.17) is 0 Å². The molecule has 0 aliphatic heterocycles. The molecule has 0 aromatic rings. The average Bonchev–Trinajstić information content (AvgIpc) is 2.67. The van der Waals surface area contributed by atoms with Crippen molar-refractivity contribution in [1.82, 2.24) is 0 Å². The van der Waals surface area contributed by atoms with E-state index in [1.54, 1.807) is 0 Å². The van der Waals surface area contributed by atoms with Crippen LogP contribution in [0.1, 0.15) is 142 Å². The van der Waals surface area contributed by atoms with Crippen molar-refractivity contribution in [3.05, 3.63) is 0 Å². The molecule has 0 spiro atoms. The number of unbranched alkanes of at least 4 members (excludes halogenated alkanes) is 16. The van der Waals surface area contributed by atoms with Crippen molar-refractivity contribution in [3.8, 4) is 0 Å². The van der Waals surface area contributed by atoms with Crippen molar-refractivity contribution in [3.63, 3.8) is 0 Å². The molecule has 0 saturated heterocycles. The summed E-state index contributed by atoms with van der Waals surface area (Å²) in [7, 11) is -4.42. The molecule has 2 unspecified atom stereocenters. The van der Waals surface area contributed by atoms with E-state index in [1.807, 2.05) is 0 Å². The average molecular weight is 473 g/mol. The molecule has 0 aliphatic carbocycles. The van der Waals surface area contributed by atoms with Crippen LogP contribution < -0.4 is 51.4 Å². The zero-order valence-electron chi connectivity index (χ0n) is 20.4. The zero-order valence-corrected chi connectivity index (χ0v) is 24.3. The van der Waals surface area contributed by atoms with E-state index in [0.29, 0.717) is 12.8 Å². The van der Waals surface area contributed by atoms with Gasteiger partial charge in [0.05, 0.1) is 11.4 Å². The minimum Gasteiger partial charge on any atom is -0.748 e. The first kappa shape index (κ1) is 33.7. The standard InChI is InChI=1S/C24H50O4S.K/c1-3-5-7-9-10-11-12-13-14-15-16-17-18-20-22-24(29(26,27)28)23(25)21-19-8-6-4-2;/h23-25H,3-22H2,1-2H3,(H,26,27,28);/q;+1/p-1. The zero-order chi connectivity index (χ0) is 21.8. The van der Waals surface area contributed by atoms with E-state index in [9.17, 15) is 18.1 Å². The van der Waals surface area contributed by atoms with Gasteiger partial charge in [0, 0.05) is 0 Å². The van der Waals surface area contributed by atoms with Gasteiger partial charge in [-0.1, -0.05) is 129 Å². The molecule has 0 aliphatic rings. The number of aliphatic hydroxyl groups excluding tert-OH is 1. The Balaban J connectivity index is 0. The van der Waals surface area contributed by atoms with Crippen LogP contribution >= 0.6 is 0 Å². The quantitative estimate of drug-likeness (QED) is 0.146. The molecule has 0 radical (unpaired) electrons. The van der Waals surface area contributed by atoms with Crippen molar-refractivity contribution in [2.75, 3.05) is 0 Å². The molecule has 0 rings (SSSR count). The summed E-state index contributed by atoms with van der Waals surface area (Å²) in [6, 6.07) is 0. The van der Waals surface area contributed by atoms with Crippen molar-refractivity contribution in [1.29, 1.82) is 0 Å². The second-order valence-electron chi connectivity index (χ2n) is 8.83. The molecule has 6 heteroatoms. The van der Waals surface area contributed by atoms with Crippen LogP contribution in [0.4, 0.5) is 0 Å². The van der Waals surface area contributed by atoms with Gasteiger partial charge in [0.1, 0.15) is 10.1 Å². The van der Waals surface area contributed by atoms with Gasteiger partial charge in [-0.3, -0.25) is 0 Å². The maximum atomic E-state index is 11.5. The van der Waals surface area contributed by atoms with Gasteiger partial charge < -0.3 is 9.66 Å². The predicted molar refractivity (Wildman–Crippen MR) is 123 cm³/mol. The van der Waals surface area contributed by atoms with E-state index >= 15 is 0 Å². The minimum absolute atomic E-state index is 0. The van der Waals surface area contributed by atoms with Gasteiger partial charge in [-0.15, -0.1) is 0 Å². The van der Waals surface area contributed by atoms with Crippen molar-refractivity contribution in [2.24, 2.45) is 0 Å². The first-order valence-electron chi connectivity index (χ1n) is 12.6. The van der Waals surface area contributed by atoms with Crippen molar-refractivity contribution in [2.45, 2.75) is 154 Å². The molecule has 0 heterocycles. The molecular weight excluding hydrogens is 423 g/mol. The van der Waals surface area contributed by atoms with Gasteiger partial charge in [0.15, 0.2) is 0 Å². The topological polar surface area (TPSA) is 77.4 Å².